The molecule has 1 aliphatic rings. The van der Waals surface area contributed by atoms with Crippen molar-refractivity contribution >= 4 is 17.7 Å². The van der Waals surface area contributed by atoms with Crippen LogP contribution in [0.3, 0.4) is 0 Å². The number of halogens is 6. The molecule has 1 aromatic rings. The van der Waals surface area contributed by atoms with Gasteiger partial charge in [0, 0.05) is 0 Å². The van der Waals surface area contributed by atoms with Crippen molar-refractivity contribution in [3.05, 3.63) is 29.8 Å². The molecule has 1 aliphatic heterocycles. The van der Waals surface area contributed by atoms with E-state index in [0.29, 0.717) is 4.90 Å². The van der Waals surface area contributed by atoms with Crippen molar-refractivity contribution < 1.29 is 35.9 Å². The highest BCUT2D eigenvalue weighted by molar-refractivity contribution is 8.00. The monoisotopic (exact) mass is 345 g/mol. The van der Waals surface area contributed by atoms with E-state index in [1.807, 2.05) is 0 Å². The van der Waals surface area contributed by atoms with Crippen LogP contribution in [-0.4, -0.2) is 35.6 Å². The molecular formula is C12H9F6NO2S. The molecule has 0 radical (unpaired) electrons. The van der Waals surface area contributed by atoms with Crippen LogP contribution in [0.1, 0.15) is 10.9 Å². The molecular weight excluding hydrogens is 336 g/mol. The van der Waals surface area contributed by atoms with Gasteiger partial charge in [-0.3, -0.25) is 4.79 Å². The van der Waals surface area contributed by atoms with Crippen molar-refractivity contribution in [2.75, 3.05) is 12.3 Å². The minimum absolute atomic E-state index is 0.141. The van der Waals surface area contributed by atoms with E-state index >= 15 is 0 Å². The molecule has 2 rings (SSSR count). The average molecular weight is 345 g/mol. The largest absolute Gasteiger partial charge is 0.573 e. The number of hydrogen-bond donors (Lipinski definition) is 0. The third-order valence-corrected chi connectivity index (χ3v) is 3.95. The second-order valence-electron chi connectivity index (χ2n) is 4.42. The number of hydrogen-bond acceptors (Lipinski definition) is 3. The van der Waals surface area contributed by atoms with E-state index in [4.69, 9.17) is 0 Å². The van der Waals surface area contributed by atoms with E-state index in [2.05, 4.69) is 4.74 Å². The molecule has 1 amide bonds. The van der Waals surface area contributed by atoms with Gasteiger partial charge >= 0.3 is 12.5 Å². The second kappa shape index (κ2) is 5.90. The van der Waals surface area contributed by atoms with Crippen molar-refractivity contribution in [1.82, 2.24) is 4.90 Å². The van der Waals surface area contributed by atoms with E-state index in [9.17, 15) is 31.1 Å². The highest BCUT2D eigenvalue weighted by Gasteiger charge is 2.41. The van der Waals surface area contributed by atoms with Crippen LogP contribution < -0.4 is 4.74 Å². The van der Waals surface area contributed by atoms with Crippen LogP contribution in [0.5, 0.6) is 5.75 Å². The molecule has 0 saturated carbocycles. The lowest BCUT2D eigenvalue weighted by atomic mass is 10.2. The number of rotatable bonds is 3. The van der Waals surface area contributed by atoms with Gasteiger partial charge < -0.3 is 9.64 Å². The summed E-state index contributed by atoms with van der Waals surface area (Å²) in [5.41, 5.74) is 0.141. The number of amides is 1. The molecule has 3 nitrogen and oxygen atoms in total. The van der Waals surface area contributed by atoms with Gasteiger partial charge in [-0.15, -0.1) is 24.9 Å². The van der Waals surface area contributed by atoms with Gasteiger partial charge in [0.25, 0.3) is 0 Å². The van der Waals surface area contributed by atoms with Gasteiger partial charge in [0.05, 0.1) is 5.75 Å². The molecule has 0 spiro atoms. The SMILES string of the molecule is O=C1CSC(c2cccc(OC(F)(F)F)c2)N1CC(F)(F)F. The summed E-state index contributed by atoms with van der Waals surface area (Å²) in [6.07, 6.45) is -9.48. The normalized spacial score (nSPS) is 19.6. The molecule has 0 aliphatic carbocycles. The predicted octanol–water partition coefficient (Wildman–Crippen LogP) is 3.72. The number of nitrogens with zero attached hydrogens (tertiary/aromatic N) is 1. The van der Waals surface area contributed by atoms with Gasteiger partial charge in [-0.1, -0.05) is 12.1 Å². The van der Waals surface area contributed by atoms with E-state index in [-0.39, 0.29) is 11.3 Å². The van der Waals surface area contributed by atoms with Gasteiger partial charge in [-0.2, -0.15) is 13.2 Å². The molecule has 122 valence electrons. The maximum absolute atomic E-state index is 12.5. The number of carbonyl (C=O) groups excluding carboxylic acids is 1. The zero-order valence-electron chi connectivity index (χ0n) is 10.7. The quantitative estimate of drug-likeness (QED) is 0.782. The minimum atomic E-state index is -4.90. The molecule has 1 aromatic carbocycles. The smallest absolute Gasteiger partial charge is 0.406 e. The van der Waals surface area contributed by atoms with E-state index in [1.165, 1.54) is 12.1 Å². The van der Waals surface area contributed by atoms with Crippen molar-refractivity contribution in [2.24, 2.45) is 0 Å². The molecule has 10 heteroatoms. The summed E-state index contributed by atoms with van der Waals surface area (Å²) in [6.45, 7) is -1.45. The Kier molecular flexibility index (Phi) is 4.50. The first-order valence-electron chi connectivity index (χ1n) is 5.89. The van der Waals surface area contributed by atoms with E-state index < -0.39 is 36.1 Å². The Morgan fingerprint density at radius 2 is 1.91 bits per heavy atom. The van der Waals surface area contributed by atoms with E-state index in [1.54, 1.807) is 0 Å². The molecule has 1 saturated heterocycles. The lowest BCUT2D eigenvalue weighted by Crippen LogP contribution is -2.37. The first-order chi connectivity index (χ1) is 10.1. The van der Waals surface area contributed by atoms with Crippen molar-refractivity contribution in [2.45, 2.75) is 17.9 Å². The molecule has 1 fully saturated rings. The van der Waals surface area contributed by atoms with Crippen molar-refractivity contribution in [3.8, 4) is 5.75 Å². The Bertz CT molecular complexity index is 559. The first kappa shape index (κ1) is 16.8. The lowest BCUT2D eigenvalue weighted by Gasteiger charge is -2.25. The molecule has 0 aromatic heterocycles. The second-order valence-corrected chi connectivity index (χ2v) is 5.49. The summed E-state index contributed by atoms with van der Waals surface area (Å²) >= 11 is 0.919. The molecule has 0 bridgehead atoms. The Labute approximate surface area is 125 Å². The van der Waals surface area contributed by atoms with Crippen LogP contribution in [0.2, 0.25) is 0 Å². The fourth-order valence-electron chi connectivity index (χ4n) is 1.96. The molecule has 1 unspecified atom stereocenters. The Morgan fingerprint density at radius 3 is 2.50 bits per heavy atom. The number of benzene rings is 1. The summed E-state index contributed by atoms with van der Waals surface area (Å²) in [5, 5.41) is -0.995. The van der Waals surface area contributed by atoms with Crippen LogP contribution in [0, 0.1) is 0 Å². The van der Waals surface area contributed by atoms with Gasteiger partial charge in [0.1, 0.15) is 17.7 Å². The molecule has 1 heterocycles. The molecule has 22 heavy (non-hydrogen) atoms. The zero-order valence-corrected chi connectivity index (χ0v) is 11.6. The van der Waals surface area contributed by atoms with Crippen LogP contribution in [0.15, 0.2) is 24.3 Å². The fourth-order valence-corrected chi connectivity index (χ4v) is 3.14. The van der Waals surface area contributed by atoms with Gasteiger partial charge in [0.15, 0.2) is 0 Å². The topological polar surface area (TPSA) is 29.5 Å². The Morgan fingerprint density at radius 1 is 1.23 bits per heavy atom. The number of carbonyl (C=O) groups is 1. The Balaban J connectivity index is 2.23. The molecule has 1 atom stereocenters. The van der Waals surface area contributed by atoms with Crippen LogP contribution >= 0.6 is 11.8 Å². The summed E-state index contributed by atoms with van der Waals surface area (Å²) < 4.78 is 77.7. The number of alkyl halides is 6. The number of ether oxygens (including phenoxy) is 1. The third-order valence-electron chi connectivity index (χ3n) is 2.69. The summed E-state index contributed by atoms with van der Waals surface area (Å²) in [6, 6.07) is 4.59. The maximum Gasteiger partial charge on any atom is 0.573 e. The highest BCUT2D eigenvalue weighted by atomic mass is 32.2. The van der Waals surface area contributed by atoms with Gasteiger partial charge in [0.2, 0.25) is 5.91 Å². The first-order valence-corrected chi connectivity index (χ1v) is 6.93. The zero-order chi connectivity index (χ0) is 16.5. The number of thioether (sulfide) groups is 1. The van der Waals surface area contributed by atoms with Crippen molar-refractivity contribution in [1.29, 1.82) is 0 Å². The third kappa shape index (κ3) is 4.46. The maximum atomic E-state index is 12.5. The van der Waals surface area contributed by atoms with E-state index in [0.717, 1.165) is 23.9 Å². The summed E-state index contributed by atoms with van der Waals surface area (Å²) in [4.78, 5) is 12.1. The summed E-state index contributed by atoms with van der Waals surface area (Å²) in [5.74, 6) is -1.42. The summed E-state index contributed by atoms with van der Waals surface area (Å²) in [7, 11) is 0. The molecule has 0 N–H and O–H groups in total. The van der Waals surface area contributed by atoms with Crippen LogP contribution in [0.4, 0.5) is 26.3 Å². The highest BCUT2D eigenvalue weighted by Crippen LogP contribution is 2.41. The predicted molar refractivity (Wildman–Crippen MR) is 66.1 cm³/mol. The fraction of sp³-hybridized carbons (Fsp3) is 0.417. The van der Waals surface area contributed by atoms with Crippen LogP contribution in [0.25, 0.3) is 0 Å². The van der Waals surface area contributed by atoms with Crippen LogP contribution in [-0.2, 0) is 4.79 Å². The average Bonchev–Trinajstić information content (AvgIpc) is 2.67. The Hall–Kier alpha value is -1.58. The van der Waals surface area contributed by atoms with Gasteiger partial charge in [-0.25, -0.2) is 0 Å². The minimum Gasteiger partial charge on any atom is -0.406 e. The standard InChI is InChI=1S/C12H9F6NO2S/c13-11(14,15)6-19-9(20)5-22-10(19)7-2-1-3-8(4-7)21-12(16,17)18/h1-4,10H,5-6H2. The lowest BCUT2D eigenvalue weighted by molar-refractivity contribution is -0.274. The van der Waals surface area contributed by atoms with Crippen molar-refractivity contribution in [3.63, 3.8) is 0 Å². The van der Waals surface area contributed by atoms with Gasteiger partial charge in [-0.05, 0) is 17.7 Å².